The number of para-hydroxylation sites is 2. The van der Waals surface area contributed by atoms with Crippen LogP contribution in [-0.2, 0) is 0 Å². The molecule has 0 saturated heterocycles. The van der Waals surface area contributed by atoms with E-state index in [1.807, 2.05) is 63.2 Å². The average molecular weight is 728 g/mol. The van der Waals surface area contributed by atoms with Crippen molar-refractivity contribution in [3.05, 3.63) is 92.4 Å². The second kappa shape index (κ2) is 13.6. The van der Waals surface area contributed by atoms with Gasteiger partial charge in [-0.25, -0.2) is 24.9 Å². The highest BCUT2D eigenvalue weighted by molar-refractivity contribution is 7.14. The largest absolute Gasteiger partial charge is 0.362 e. The number of hydrogen-bond donors (Lipinski definition) is 3. The molecular weight excluding hydrogens is 699 g/mol. The van der Waals surface area contributed by atoms with E-state index >= 15 is 0 Å². The Bertz CT molecular complexity index is 2460. The number of imidazole rings is 1. The molecule has 2 aromatic carbocycles. The summed E-state index contributed by atoms with van der Waals surface area (Å²) in [4.78, 5) is 25.3. The number of halogens is 2. The van der Waals surface area contributed by atoms with Gasteiger partial charge in [0.15, 0.2) is 21.5 Å². The molecule has 246 valence electrons. The molecule has 8 aromatic rings. The van der Waals surface area contributed by atoms with Crippen LogP contribution in [0.15, 0.2) is 61.2 Å². The van der Waals surface area contributed by atoms with Gasteiger partial charge in [-0.1, -0.05) is 70.1 Å². The first-order valence-electron chi connectivity index (χ1n) is 15.1. The molecule has 12 nitrogen and oxygen atoms in total. The fraction of sp³-hybridized carbons (Fsp3) is 0.182. The fourth-order valence-electron chi connectivity index (χ4n) is 5.32. The Hall–Kier alpha value is -4.73. The van der Waals surface area contributed by atoms with E-state index in [-0.39, 0.29) is 12.1 Å². The van der Waals surface area contributed by atoms with Gasteiger partial charge in [-0.3, -0.25) is 0 Å². The molecule has 0 aliphatic carbocycles. The number of aryl methyl sites for hydroxylation is 2. The third-order valence-electron chi connectivity index (χ3n) is 7.64. The van der Waals surface area contributed by atoms with E-state index in [0.29, 0.717) is 21.5 Å². The van der Waals surface area contributed by atoms with Gasteiger partial charge in [0.05, 0.1) is 33.4 Å². The Morgan fingerprint density at radius 3 is 1.88 bits per heavy atom. The first kappa shape index (κ1) is 32.8. The van der Waals surface area contributed by atoms with E-state index in [9.17, 15) is 0 Å². The van der Waals surface area contributed by atoms with Crippen molar-refractivity contribution in [2.75, 3.05) is 5.32 Å². The lowest BCUT2D eigenvalue weighted by molar-refractivity contribution is 0.816. The first-order chi connectivity index (χ1) is 23.7. The number of rotatable bonds is 6. The van der Waals surface area contributed by atoms with Crippen molar-refractivity contribution in [2.24, 2.45) is 5.73 Å². The van der Waals surface area contributed by atoms with E-state index in [0.717, 1.165) is 69.9 Å². The summed E-state index contributed by atoms with van der Waals surface area (Å²) in [7, 11) is 0. The van der Waals surface area contributed by atoms with Gasteiger partial charge in [0.2, 0.25) is 0 Å². The van der Waals surface area contributed by atoms with Crippen LogP contribution in [0, 0.1) is 13.8 Å². The summed E-state index contributed by atoms with van der Waals surface area (Å²) in [6.45, 7) is 7.83. The predicted molar refractivity (Wildman–Crippen MR) is 197 cm³/mol. The van der Waals surface area contributed by atoms with Gasteiger partial charge in [-0.15, -0.1) is 20.4 Å². The van der Waals surface area contributed by atoms with Crippen LogP contribution in [0.25, 0.3) is 54.4 Å². The summed E-state index contributed by atoms with van der Waals surface area (Å²) in [5.41, 5.74) is 12.4. The van der Waals surface area contributed by atoms with Crippen molar-refractivity contribution in [2.45, 2.75) is 39.8 Å². The molecule has 0 unspecified atom stereocenters. The lowest BCUT2D eigenvalue weighted by Crippen LogP contribution is -2.11. The smallest absolute Gasteiger partial charge is 0.182 e. The quantitative estimate of drug-likeness (QED) is 0.151. The normalized spacial score (nSPS) is 12.6. The lowest BCUT2D eigenvalue weighted by atomic mass is 10.0. The molecule has 0 aliphatic heterocycles. The second-order valence-electron chi connectivity index (χ2n) is 11.2. The summed E-state index contributed by atoms with van der Waals surface area (Å²) in [5, 5.41) is 26.6. The highest BCUT2D eigenvalue weighted by Crippen LogP contribution is 2.36. The van der Waals surface area contributed by atoms with Gasteiger partial charge >= 0.3 is 0 Å². The molecule has 4 N–H and O–H groups in total. The van der Waals surface area contributed by atoms with Gasteiger partial charge in [-0.05, 0) is 57.5 Å². The van der Waals surface area contributed by atoms with E-state index < -0.39 is 0 Å². The summed E-state index contributed by atoms with van der Waals surface area (Å²) < 4.78 is 0. The van der Waals surface area contributed by atoms with Crippen molar-refractivity contribution in [1.29, 1.82) is 0 Å². The summed E-state index contributed by atoms with van der Waals surface area (Å²) in [6, 6.07) is 15.3. The van der Waals surface area contributed by atoms with E-state index in [1.165, 1.54) is 29.0 Å². The Morgan fingerprint density at radius 1 is 0.755 bits per heavy atom. The zero-order chi connectivity index (χ0) is 34.2. The number of H-pyrrole nitrogens is 1. The van der Waals surface area contributed by atoms with Crippen LogP contribution in [-0.4, -0.2) is 50.3 Å². The molecule has 0 aliphatic rings. The molecule has 0 fully saturated rings. The third kappa shape index (κ3) is 6.65. The zero-order valence-electron chi connectivity index (χ0n) is 26.6. The number of nitrogens with two attached hydrogens (primary N) is 1. The monoisotopic (exact) mass is 726 g/mol. The van der Waals surface area contributed by atoms with Crippen molar-refractivity contribution >= 4 is 84.7 Å². The van der Waals surface area contributed by atoms with Gasteiger partial charge in [0, 0.05) is 22.4 Å². The molecule has 16 heteroatoms. The number of anilines is 1. The number of nitrogens with zero attached hydrogens (tertiary/aromatic N) is 9. The Morgan fingerprint density at radius 2 is 1.33 bits per heavy atom. The second-order valence-corrected chi connectivity index (χ2v) is 14.4. The number of hydrogen-bond acceptors (Lipinski definition) is 13. The standard InChI is InChI=1S/C19H15ClN8S.C14H13ClN4S/c1-9(25-18-16-17(22-7-21-16)23-8-24-18)12-6-11-4-3-5-13(20)14(11)26-15(12)19-28-27-10(2)29-19;1-7(16)10-6-9-4-3-5-11(15)12(9)17-13(10)14-19-18-8(2)20-14/h3-9H,1-2H3,(H2,21,22,23,24,25);3-7H,16H2,1-2H3/t9-;7-/m00/s1. The number of nitrogens with one attached hydrogen (secondary N) is 2. The Balaban J connectivity index is 0.000000166. The van der Waals surface area contributed by atoms with E-state index in [2.05, 4.69) is 63.6 Å². The van der Waals surface area contributed by atoms with E-state index in [1.54, 1.807) is 6.33 Å². The summed E-state index contributed by atoms with van der Waals surface area (Å²) in [6.07, 6.45) is 3.09. The topological polar surface area (TPSA) is 170 Å². The number of fused-ring (bicyclic) bond motifs is 3. The molecule has 0 saturated carbocycles. The van der Waals surface area contributed by atoms with Gasteiger partial charge in [0.1, 0.15) is 33.2 Å². The fourth-order valence-corrected chi connectivity index (χ4v) is 7.17. The maximum absolute atomic E-state index is 6.40. The molecule has 2 atom stereocenters. The van der Waals surface area contributed by atoms with Crippen LogP contribution >= 0.6 is 45.9 Å². The highest BCUT2D eigenvalue weighted by atomic mass is 35.5. The molecule has 6 aromatic heterocycles. The average Bonchev–Trinajstić information content (AvgIpc) is 3.86. The maximum Gasteiger partial charge on any atom is 0.182 e. The molecule has 0 spiro atoms. The lowest BCUT2D eigenvalue weighted by Gasteiger charge is -2.18. The van der Waals surface area contributed by atoms with E-state index in [4.69, 9.17) is 33.9 Å². The minimum atomic E-state index is -0.134. The van der Waals surface area contributed by atoms with Crippen LogP contribution in [0.5, 0.6) is 0 Å². The summed E-state index contributed by atoms with van der Waals surface area (Å²) in [5.74, 6) is 0.672. The van der Waals surface area contributed by atoms with Crippen molar-refractivity contribution in [1.82, 2.24) is 50.3 Å². The minimum Gasteiger partial charge on any atom is -0.362 e. The van der Waals surface area contributed by atoms with Crippen molar-refractivity contribution in [3.8, 4) is 21.4 Å². The summed E-state index contributed by atoms with van der Waals surface area (Å²) >= 11 is 15.6. The van der Waals surface area contributed by atoms with Crippen LogP contribution in [0.2, 0.25) is 10.0 Å². The molecule has 6 heterocycles. The minimum absolute atomic E-state index is 0.119. The number of pyridine rings is 2. The van der Waals surface area contributed by atoms with Crippen LogP contribution in [0.3, 0.4) is 0 Å². The predicted octanol–water partition coefficient (Wildman–Crippen LogP) is 8.29. The molecular formula is C33H28Cl2N12S2. The van der Waals surface area contributed by atoms with Gasteiger partial charge in [0.25, 0.3) is 0 Å². The number of aromatic nitrogens is 10. The Labute approximate surface area is 298 Å². The van der Waals surface area contributed by atoms with Crippen molar-refractivity contribution in [3.63, 3.8) is 0 Å². The van der Waals surface area contributed by atoms with Crippen LogP contribution in [0.4, 0.5) is 5.82 Å². The molecule has 0 radical (unpaired) electrons. The SMILES string of the molecule is Cc1nnc(-c2nc3c(Cl)cccc3cc2[C@H](C)N)s1.Cc1nnc(-c2nc3c(Cl)cccc3cc2[C@H](C)Nc2ncnc3nc[nH]c23)s1. The molecule has 49 heavy (non-hydrogen) atoms. The number of aromatic amines is 1. The molecule has 0 bridgehead atoms. The first-order valence-corrected chi connectivity index (χ1v) is 17.5. The third-order valence-corrected chi connectivity index (χ3v) is 9.94. The van der Waals surface area contributed by atoms with Gasteiger partial charge < -0.3 is 16.0 Å². The zero-order valence-corrected chi connectivity index (χ0v) is 29.7. The molecule has 8 rings (SSSR count). The Kier molecular flexibility index (Phi) is 9.13. The van der Waals surface area contributed by atoms with Gasteiger partial charge in [-0.2, -0.15) is 0 Å². The molecule has 0 amide bonds. The maximum atomic E-state index is 6.40. The van der Waals surface area contributed by atoms with Crippen LogP contribution < -0.4 is 11.1 Å². The number of benzene rings is 2. The van der Waals surface area contributed by atoms with Crippen molar-refractivity contribution < 1.29 is 0 Å². The highest BCUT2D eigenvalue weighted by Gasteiger charge is 2.21. The van der Waals surface area contributed by atoms with Crippen LogP contribution in [0.1, 0.15) is 47.1 Å².